The van der Waals surface area contributed by atoms with Gasteiger partial charge < -0.3 is 24.6 Å². The van der Waals surface area contributed by atoms with Gasteiger partial charge in [-0.25, -0.2) is 4.57 Å². The van der Waals surface area contributed by atoms with Gasteiger partial charge >= 0.3 is 13.8 Å². The molecule has 0 aromatic heterocycles. The van der Waals surface area contributed by atoms with E-state index in [4.69, 9.17) is 23.6 Å². The van der Waals surface area contributed by atoms with Crippen molar-refractivity contribution in [1.82, 2.24) is 0 Å². The number of phosphoric acid groups is 1. The molecule has 0 aliphatic carbocycles. The summed E-state index contributed by atoms with van der Waals surface area (Å²) in [6.07, 6.45) is 51.4. The number of carbonyl (C=O) groups excluding carboxylic acids is 1. The lowest BCUT2D eigenvalue weighted by atomic mass is 10.1. The van der Waals surface area contributed by atoms with Crippen LogP contribution in [-0.2, 0) is 27.9 Å². The van der Waals surface area contributed by atoms with Crippen molar-refractivity contribution in [1.29, 1.82) is 0 Å². The van der Waals surface area contributed by atoms with Crippen molar-refractivity contribution < 1.29 is 43.0 Å². The number of aliphatic hydroxyl groups is 2. The van der Waals surface area contributed by atoms with Crippen LogP contribution in [0.2, 0.25) is 0 Å². The van der Waals surface area contributed by atoms with Crippen molar-refractivity contribution >= 4 is 13.8 Å². The van der Waals surface area contributed by atoms with Crippen LogP contribution in [-0.4, -0.2) is 66.3 Å². The molecule has 0 aromatic rings. The minimum absolute atomic E-state index is 0.0253. The molecule has 0 aromatic carbocycles. The van der Waals surface area contributed by atoms with E-state index in [2.05, 4.69) is 86.8 Å². The molecular weight excluding hydrogens is 739 g/mol. The van der Waals surface area contributed by atoms with Gasteiger partial charge in [0.25, 0.3) is 0 Å². The van der Waals surface area contributed by atoms with E-state index in [-0.39, 0.29) is 13.0 Å². The number of esters is 1. The second kappa shape index (κ2) is 43.5. The zero-order valence-corrected chi connectivity index (χ0v) is 36.9. The highest BCUT2D eigenvalue weighted by atomic mass is 31.2. The first-order valence-corrected chi connectivity index (χ1v) is 23.9. The normalized spacial score (nSPS) is 14.7. The number of phosphoric ester groups is 1. The molecular formula is C47H83O9P. The largest absolute Gasteiger partial charge is 0.472 e. The van der Waals surface area contributed by atoms with E-state index in [1.54, 1.807) is 0 Å². The average Bonchev–Trinajstić information content (AvgIpc) is 3.20. The predicted octanol–water partition coefficient (Wildman–Crippen LogP) is 12.5. The van der Waals surface area contributed by atoms with Gasteiger partial charge in [-0.1, -0.05) is 157 Å². The number of carbonyl (C=O) groups is 1. The summed E-state index contributed by atoms with van der Waals surface area (Å²) < 4.78 is 33.4. The number of rotatable bonds is 42. The molecule has 0 saturated heterocycles. The van der Waals surface area contributed by atoms with E-state index in [1.165, 1.54) is 51.4 Å². The Bertz CT molecular complexity index is 1110. The van der Waals surface area contributed by atoms with Gasteiger partial charge in [-0.2, -0.15) is 0 Å². The summed E-state index contributed by atoms with van der Waals surface area (Å²) in [6, 6.07) is 0. The summed E-state index contributed by atoms with van der Waals surface area (Å²) >= 11 is 0. The van der Waals surface area contributed by atoms with E-state index in [0.29, 0.717) is 13.0 Å². The van der Waals surface area contributed by atoms with Gasteiger partial charge in [0.15, 0.2) is 0 Å². The van der Waals surface area contributed by atoms with Crippen molar-refractivity contribution in [2.45, 2.75) is 187 Å². The van der Waals surface area contributed by atoms with Crippen LogP contribution in [0.4, 0.5) is 0 Å². The van der Waals surface area contributed by atoms with Crippen LogP contribution in [0.3, 0.4) is 0 Å². The van der Waals surface area contributed by atoms with Crippen molar-refractivity contribution in [2.24, 2.45) is 0 Å². The first kappa shape index (κ1) is 54.9. The quantitative estimate of drug-likeness (QED) is 0.0238. The van der Waals surface area contributed by atoms with Gasteiger partial charge in [-0.3, -0.25) is 13.8 Å². The zero-order valence-electron chi connectivity index (χ0n) is 36.0. The first-order valence-electron chi connectivity index (χ1n) is 22.4. The van der Waals surface area contributed by atoms with Crippen LogP contribution in [0.5, 0.6) is 0 Å². The summed E-state index contributed by atoms with van der Waals surface area (Å²) in [5.41, 5.74) is 0. The van der Waals surface area contributed by atoms with E-state index in [0.717, 1.165) is 96.3 Å². The number of unbranched alkanes of at least 4 members (excludes halogenated alkanes) is 16. The summed E-state index contributed by atoms with van der Waals surface area (Å²) in [7, 11) is -4.53. The van der Waals surface area contributed by atoms with Gasteiger partial charge in [0, 0.05) is 13.0 Å². The van der Waals surface area contributed by atoms with Gasteiger partial charge in [-0.15, -0.1) is 0 Å². The minimum Gasteiger partial charge on any atom is -0.457 e. The fourth-order valence-electron chi connectivity index (χ4n) is 5.73. The average molecular weight is 823 g/mol. The maximum absolute atomic E-state index is 12.6. The zero-order chi connectivity index (χ0) is 41.8. The molecule has 0 aliphatic heterocycles. The number of aliphatic hydroxyl groups excluding tert-OH is 2. The summed E-state index contributed by atoms with van der Waals surface area (Å²) in [4.78, 5) is 22.6. The van der Waals surface area contributed by atoms with Crippen molar-refractivity contribution in [3.63, 3.8) is 0 Å². The highest BCUT2D eigenvalue weighted by Gasteiger charge is 2.26. The molecule has 330 valence electrons. The van der Waals surface area contributed by atoms with Gasteiger partial charge in [-0.05, 0) is 83.5 Å². The third-order valence-electron chi connectivity index (χ3n) is 9.13. The Morgan fingerprint density at radius 1 is 0.561 bits per heavy atom. The second-order valence-corrected chi connectivity index (χ2v) is 16.1. The summed E-state index contributed by atoms with van der Waals surface area (Å²) in [6.45, 7) is 3.32. The van der Waals surface area contributed by atoms with Gasteiger partial charge in [0.2, 0.25) is 0 Å². The molecule has 0 amide bonds. The van der Waals surface area contributed by atoms with E-state index < -0.39 is 45.8 Å². The molecule has 0 rings (SSSR count). The van der Waals surface area contributed by atoms with E-state index in [9.17, 15) is 19.4 Å². The second-order valence-electron chi connectivity index (χ2n) is 14.7. The van der Waals surface area contributed by atoms with Crippen LogP contribution in [0.25, 0.3) is 0 Å². The molecule has 10 heteroatoms. The molecule has 9 nitrogen and oxygen atoms in total. The smallest absolute Gasteiger partial charge is 0.457 e. The molecule has 0 heterocycles. The molecule has 0 aliphatic rings. The predicted molar refractivity (Wildman–Crippen MR) is 237 cm³/mol. The SMILES string of the molecule is CC/C=C\C/C=C\C/C=C\C/C=C\C/C=C\CCCCCCOCC(COP(=O)(O)OCC(O)CO)OC(=O)CCCCCCC/C=C\CCCCCCCCC. The fourth-order valence-corrected chi connectivity index (χ4v) is 6.52. The molecule has 0 fully saturated rings. The topological polar surface area (TPSA) is 132 Å². The Kier molecular flexibility index (Phi) is 41.9. The number of ether oxygens (including phenoxy) is 2. The van der Waals surface area contributed by atoms with Crippen molar-refractivity contribution in [2.75, 3.05) is 33.0 Å². The standard InChI is InChI=1S/C47H83O9P/c1-3-5-7-9-11-13-15-17-19-21-22-23-24-26-28-30-32-34-36-38-40-53-43-46(44-55-57(51,52)54-42-45(49)41-48)56-47(50)39-37-35-33-31-29-27-25-20-18-16-14-12-10-8-6-4-2/h5,7,11,13,17,19-20,22-23,25-26,28,45-46,48-49H,3-4,6,8-10,12,14-16,18,21,24,27,29-44H2,1-2H3,(H,51,52)/b7-5-,13-11-,19-17-,23-22-,25-20-,28-26-. The molecule has 0 bridgehead atoms. The molecule has 3 unspecified atom stereocenters. The monoisotopic (exact) mass is 823 g/mol. The molecule has 3 atom stereocenters. The number of hydrogen-bond acceptors (Lipinski definition) is 8. The van der Waals surface area contributed by atoms with Gasteiger partial charge in [0.05, 0.1) is 26.4 Å². The van der Waals surface area contributed by atoms with E-state index in [1.807, 2.05) is 0 Å². The van der Waals surface area contributed by atoms with Crippen LogP contribution in [0.1, 0.15) is 174 Å². The molecule has 3 N–H and O–H groups in total. The lowest BCUT2D eigenvalue weighted by Gasteiger charge is -2.20. The van der Waals surface area contributed by atoms with E-state index >= 15 is 0 Å². The Morgan fingerprint density at radius 2 is 1.00 bits per heavy atom. The molecule has 0 spiro atoms. The third-order valence-corrected chi connectivity index (χ3v) is 10.1. The first-order chi connectivity index (χ1) is 27.8. The lowest BCUT2D eigenvalue weighted by molar-refractivity contribution is -0.154. The Labute approximate surface area is 348 Å². The minimum atomic E-state index is -4.53. The van der Waals surface area contributed by atoms with Crippen LogP contribution in [0.15, 0.2) is 72.9 Å². The van der Waals surface area contributed by atoms with Crippen molar-refractivity contribution in [3.05, 3.63) is 72.9 Å². The van der Waals surface area contributed by atoms with Crippen LogP contribution >= 0.6 is 7.82 Å². The lowest BCUT2D eigenvalue weighted by Crippen LogP contribution is -2.29. The maximum Gasteiger partial charge on any atom is 0.472 e. The molecule has 57 heavy (non-hydrogen) atoms. The Hall–Kier alpha value is -2.10. The maximum atomic E-state index is 12.6. The molecule has 0 radical (unpaired) electrons. The third kappa shape index (κ3) is 43.3. The summed E-state index contributed by atoms with van der Waals surface area (Å²) in [5, 5.41) is 18.4. The number of allylic oxidation sites excluding steroid dienone is 12. The highest BCUT2D eigenvalue weighted by molar-refractivity contribution is 7.47. The Balaban J connectivity index is 4.24. The fraction of sp³-hybridized carbons (Fsp3) is 0.723. The van der Waals surface area contributed by atoms with Crippen LogP contribution in [0, 0.1) is 0 Å². The summed E-state index contributed by atoms with van der Waals surface area (Å²) in [5.74, 6) is -0.403. The number of hydrogen-bond donors (Lipinski definition) is 3. The van der Waals surface area contributed by atoms with Crippen LogP contribution < -0.4 is 0 Å². The van der Waals surface area contributed by atoms with Crippen molar-refractivity contribution in [3.8, 4) is 0 Å². The Morgan fingerprint density at radius 3 is 1.53 bits per heavy atom. The van der Waals surface area contributed by atoms with Gasteiger partial charge in [0.1, 0.15) is 12.2 Å². The molecule has 0 saturated carbocycles. The highest BCUT2D eigenvalue weighted by Crippen LogP contribution is 2.43.